The van der Waals surface area contributed by atoms with E-state index >= 15 is 0 Å². The van der Waals surface area contributed by atoms with E-state index in [1.807, 2.05) is 55.4 Å². The highest BCUT2D eigenvalue weighted by atomic mass is 19.1. The van der Waals surface area contributed by atoms with Gasteiger partial charge >= 0.3 is 11.8 Å². The molecule has 7 heteroatoms. The average molecular weight is 447 g/mol. The molecule has 0 unspecified atom stereocenters. The summed E-state index contributed by atoms with van der Waals surface area (Å²) in [6.07, 6.45) is 0.921. The second-order valence-electron chi connectivity index (χ2n) is 8.22. The van der Waals surface area contributed by atoms with Gasteiger partial charge in [-0.05, 0) is 47.9 Å². The first-order chi connectivity index (χ1) is 15.9. The molecule has 1 heterocycles. The molecule has 0 radical (unpaired) electrons. The smallest absolute Gasteiger partial charge is 0.313 e. The molecule has 33 heavy (non-hydrogen) atoms. The molecular formula is C26H27FN4O2. The van der Waals surface area contributed by atoms with Crippen LogP contribution in [0, 0.1) is 5.82 Å². The number of amides is 2. The summed E-state index contributed by atoms with van der Waals surface area (Å²) in [5, 5.41) is 5.07. The number of nitrogens with zero attached hydrogens (tertiary/aromatic N) is 2. The highest BCUT2D eigenvalue weighted by Crippen LogP contribution is 2.35. The van der Waals surface area contributed by atoms with Crippen molar-refractivity contribution in [2.24, 2.45) is 0 Å². The van der Waals surface area contributed by atoms with Crippen molar-refractivity contribution in [3.8, 4) is 0 Å². The zero-order valence-electron chi connectivity index (χ0n) is 18.7. The van der Waals surface area contributed by atoms with Gasteiger partial charge in [-0.15, -0.1) is 0 Å². The van der Waals surface area contributed by atoms with E-state index in [2.05, 4.69) is 27.7 Å². The van der Waals surface area contributed by atoms with Crippen molar-refractivity contribution in [2.75, 3.05) is 42.3 Å². The summed E-state index contributed by atoms with van der Waals surface area (Å²) >= 11 is 0. The maximum Gasteiger partial charge on any atom is 0.313 e. The lowest BCUT2D eigenvalue weighted by atomic mass is 10.0. The third-order valence-electron chi connectivity index (χ3n) is 5.88. The Balaban J connectivity index is 1.52. The standard InChI is InChI=1S/C26H27FN4O2/c1-30(2)20-13-11-19(12-14-20)24(31-16-15-18-7-3-6-10-23(18)31)17-28-25(32)26(33)29-22-9-5-4-8-21(22)27/h3-14,24H,15-17H2,1-2H3,(H,28,32)(H,29,33)/t24-/m0/s1. The molecule has 170 valence electrons. The van der Waals surface area contributed by atoms with Crippen molar-refractivity contribution in [3.63, 3.8) is 0 Å². The van der Waals surface area contributed by atoms with E-state index < -0.39 is 17.6 Å². The molecule has 0 bridgehead atoms. The number of anilines is 3. The lowest BCUT2D eigenvalue weighted by Gasteiger charge is -2.31. The maximum atomic E-state index is 13.8. The quantitative estimate of drug-likeness (QED) is 0.566. The largest absolute Gasteiger partial charge is 0.378 e. The van der Waals surface area contributed by atoms with Crippen LogP contribution in [0.4, 0.5) is 21.5 Å². The fourth-order valence-corrected chi connectivity index (χ4v) is 4.10. The Bertz CT molecular complexity index is 1150. The maximum absolute atomic E-state index is 13.8. The van der Waals surface area contributed by atoms with Crippen LogP contribution >= 0.6 is 0 Å². The minimum Gasteiger partial charge on any atom is -0.378 e. The van der Waals surface area contributed by atoms with Gasteiger partial charge in [-0.3, -0.25) is 9.59 Å². The van der Waals surface area contributed by atoms with Crippen molar-refractivity contribution >= 4 is 28.9 Å². The predicted molar refractivity (Wildman–Crippen MR) is 129 cm³/mol. The first-order valence-electron chi connectivity index (χ1n) is 10.9. The number of carbonyl (C=O) groups is 2. The molecular weight excluding hydrogens is 419 g/mol. The third-order valence-corrected chi connectivity index (χ3v) is 5.88. The van der Waals surface area contributed by atoms with Gasteiger partial charge in [0, 0.05) is 38.6 Å². The van der Waals surface area contributed by atoms with Gasteiger partial charge in [-0.25, -0.2) is 4.39 Å². The summed E-state index contributed by atoms with van der Waals surface area (Å²) in [6, 6.07) is 22.0. The fourth-order valence-electron chi connectivity index (χ4n) is 4.10. The van der Waals surface area contributed by atoms with Crippen molar-refractivity contribution in [3.05, 3.63) is 89.7 Å². The van der Waals surface area contributed by atoms with Gasteiger partial charge in [0.15, 0.2) is 0 Å². The molecule has 2 amide bonds. The van der Waals surface area contributed by atoms with Gasteiger partial charge in [-0.1, -0.05) is 42.5 Å². The molecule has 1 aliphatic heterocycles. The number of carbonyl (C=O) groups excluding carboxylic acids is 2. The van der Waals surface area contributed by atoms with Crippen LogP contribution in [0.2, 0.25) is 0 Å². The minimum atomic E-state index is -0.899. The summed E-state index contributed by atoms with van der Waals surface area (Å²) < 4.78 is 13.8. The molecule has 6 nitrogen and oxygen atoms in total. The first kappa shape index (κ1) is 22.3. The zero-order chi connectivity index (χ0) is 23.4. The Morgan fingerprint density at radius 2 is 1.67 bits per heavy atom. The lowest BCUT2D eigenvalue weighted by molar-refractivity contribution is -0.136. The summed E-state index contributed by atoms with van der Waals surface area (Å²) in [6.45, 7) is 1.05. The molecule has 0 spiro atoms. The molecule has 3 aromatic rings. The number of benzene rings is 3. The Kier molecular flexibility index (Phi) is 6.58. The normalized spacial score (nSPS) is 13.2. The molecule has 1 atom stereocenters. The van der Waals surface area contributed by atoms with Crippen molar-refractivity contribution in [1.29, 1.82) is 0 Å². The lowest BCUT2D eigenvalue weighted by Crippen LogP contribution is -2.42. The van der Waals surface area contributed by atoms with Crippen LogP contribution in [0.5, 0.6) is 0 Å². The van der Waals surface area contributed by atoms with E-state index in [9.17, 15) is 14.0 Å². The van der Waals surface area contributed by atoms with Crippen molar-refractivity contribution < 1.29 is 14.0 Å². The highest BCUT2D eigenvalue weighted by molar-refractivity contribution is 6.39. The van der Waals surface area contributed by atoms with Crippen LogP contribution in [0.25, 0.3) is 0 Å². The van der Waals surface area contributed by atoms with Crippen LogP contribution < -0.4 is 20.4 Å². The van der Waals surface area contributed by atoms with Gasteiger partial charge in [0.2, 0.25) is 0 Å². The van der Waals surface area contributed by atoms with E-state index in [1.165, 1.54) is 23.8 Å². The summed E-state index contributed by atoms with van der Waals surface area (Å²) in [5.41, 5.74) is 4.47. The summed E-state index contributed by atoms with van der Waals surface area (Å²) in [7, 11) is 3.97. The molecule has 0 aliphatic carbocycles. The van der Waals surface area contributed by atoms with E-state index in [1.54, 1.807) is 6.07 Å². The minimum absolute atomic E-state index is 0.0260. The molecule has 3 aromatic carbocycles. The van der Waals surface area contributed by atoms with Crippen LogP contribution in [-0.2, 0) is 16.0 Å². The summed E-state index contributed by atoms with van der Waals surface area (Å²) in [4.78, 5) is 29.2. The predicted octanol–water partition coefficient (Wildman–Crippen LogP) is 3.75. The SMILES string of the molecule is CN(C)c1ccc([C@H](CNC(=O)C(=O)Nc2ccccc2F)N2CCc3ccccc32)cc1. The van der Waals surface area contributed by atoms with Gasteiger partial charge in [0.05, 0.1) is 11.7 Å². The molecule has 1 aliphatic rings. The summed E-state index contributed by atoms with van der Waals surface area (Å²) in [5.74, 6) is -2.30. The third kappa shape index (κ3) is 4.98. The topological polar surface area (TPSA) is 64.7 Å². The second-order valence-corrected chi connectivity index (χ2v) is 8.22. The van der Waals surface area contributed by atoms with Crippen LogP contribution in [-0.4, -0.2) is 39.0 Å². The van der Waals surface area contributed by atoms with Crippen molar-refractivity contribution in [2.45, 2.75) is 12.5 Å². The Morgan fingerprint density at radius 1 is 0.970 bits per heavy atom. The number of rotatable bonds is 6. The van der Waals surface area contributed by atoms with E-state index in [4.69, 9.17) is 0 Å². The fraction of sp³-hybridized carbons (Fsp3) is 0.231. The number of hydrogen-bond donors (Lipinski definition) is 2. The van der Waals surface area contributed by atoms with Gasteiger partial charge in [0.1, 0.15) is 5.82 Å². The zero-order valence-corrected chi connectivity index (χ0v) is 18.7. The number of nitrogens with one attached hydrogen (secondary N) is 2. The average Bonchev–Trinajstić information content (AvgIpc) is 3.25. The molecule has 0 aromatic heterocycles. The molecule has 0 saturated heterocycles. The van der Waals surface area contributed by atoms with Gasteiger partial charge in [-0.2, -0.15) is 0 Å². The monoisotopic (exact) mass is 446 g/mol. The van der Waals surface area contributed by atoms with Gasteiger partial charge in [0.25, 0.3) is 0 Å². The van der Waals surface area contributed by atoms with Crippen LogP contribution in [0.15, 0.2) is 72.8 Å². The number of halogens is 1. The Labute approximate surface area is 193 Å². The molecule has 4 rings (SSSR count). The van der Waals surface area contributed by atoms with E-state index in [-0.39, 0.29) is 18.3 Å². The number of hydrogen-bond acceptors (Lipinski definition) is 4. The Hall–Kier alpha value is -3.87. The van der Waals surface area contributed by atoms with E-state index in [0.29, 0.717) is 0 Å². The first-order valence-corrected chi connectivity index (χ1v) is 10.9. The molecule has 2 N–H and O–H groups in total. The highest BCUT2D eigenvalue weighted by Gasteiger charge is 2.28. The second kappa shape index (κ2) is 9.73. The van der Waals surface area contributed by atoms with E-state index in [0.717, 1.165) is 29.9 Å². The van der Waals surface area contributed by atoms with Crippen molar-refractivity contribution in [1.82, 2.24) is 5.32 Å². The van der Waals surface area contributed by atoms with Crippen LogP contribution in [0.3, 0.4) is 0 Å². The molecule has 0 fully saturated rings. The van der Waals surface area contributed by atoms with Crippen LogP contribution in [0.1, 0.15) is 17.2 Å². The molecule has 0 saturated carbocycles. The number of fused-ring (bicyclic) bond motifs is 1. The van der Waals surface area contributed by atoms with Gasteiger partial charge < -0.3 is 20.4 Å². The Morgan fingerprint density at radius 3 is 2.39 bits per heavy atom. The number of para-hydroxylation sites is 2.